The van der Waals surface area contributed by atoms with Crippen LogP contribution < -0.4 is 4.74 Å². The van der Waals surface area contributed by atoms with Crippen LogP contribution in [-0.4, -0.2) is 28.7 Å². The number of hydrogen-bond donors (Lipinski definition) is 0. The number of benzene rings is 2. The highest BCUT2D eigenvalue weighted by Crippen LogP contribution is 2.21. The number of hydroxylamine groups is 2. The molecule has 0 aliphatic rings. The molecule has 3 aromatic rings. The number of hydrogen-bond acceptors (Lipinski definition) is 6. The van der Waals surface area contributed by atoms with Gasteiger partial charge in [-0.2, -0.15) is 4.98 Å². The molecule has 0 saturated heterocycles. The van der Waals surface area contributed by atoms with Crippen molar-refractivity contribution in [2.45, 2.75) is 33.4 Å². The topological polar surface area (TPSA) is 64.8 Å². The van der Waals surface area contributed by atoms with Gasteiger partial charge < -0.3 is 14.0 Å². The number of carbonyl (C=O) groups is 1. The molecular weight excluding hydrogens is 332 g/mol. The third-order valence-corrected chi connectivity index (χ3v) is 3.81. The maximum atomic E-state index is 12.1. The van der Waals surface area contributed by atoms with E-state index in [0.29, 0.717) is 17.6 Å². The normalized spacial score (nSPS) is 11.3. The van der Waals surface area contributed by atoms with Gasteiger partial charge in [-0.3, -0.25) is 0 Å². The van der Waals surface area contributed by atoms with Crippen molar-refractivity contribution >= 4 is 17.1 Å². The minimum atomic E-state index is -0.506. The molecule has 0 saturated carbocycles. The van der Waals surface area contributed by atoms with Gasteiger partial charge in [0, 0.05) is 6.04 Å². The molecule has 0 bridgehead atoms. The fourth-order valence-electron chi connectivity index (χ4n) is 2.44. The van der Waals surface area contributed by atoms with Crippen LogP contribution in [0.1, 0.15) is 25.0 Å². The summed E-state index contributed by atoms with van der Waals surface area (Å²) in [6.07, 6.45) is 0.0571. The van der Waals surface area contributed by atoms with Gasteiger partial charge >= 0.3 is 12.0 Å². The molecule has 0 amide bonds. The number of aromatic nitrogens is 1. The van der Waals surface area contributed by atoms with E-state index < -0.39 is 5.97 Å². The van der Waals surface area contributed by atoms with Crippen molar-refractivity contribution in [2.75, 3.05) is 6.61 Å². The molecule has 0 radical (unpaired) electrons. The van der Waals surface area contributed by atoms with Gasteiger partial charge in [-0.25, -0.2) is 4.79 Å². The summed E-state index contributed by atoms with van der Waals surface area (Å²) < 4.78 is 10.8. The summed E-state index contributed by atoms with van der Waals surface area (Å²) in [4.78, 5) is 21.8. The van der Waals surface area contributed by atoms with Gasteiger partial charge in [0.15, 0.2) is 12.2 Å². The Kier molecular flexibility index (Phi) is 5.53. The molecule has 1 aromatic heterocycles. The van der Waals surface area contributed by atoms with Crippen LogP contribution in [0.2, 0.25) is 0 Å². The zero-order chi connectivity index (χ0) is 18.5. The monoisotopic (exact) mass is 354 g/mol. The molecular formula is C20H22N2O4. The van der Waals surface area contributed by atoms with Crippen LogP contribution in [-0.2, 0) is 16.2 Å². The van der Waals surface area contributed by atoms with E-state index in [1.807, 2.05) is 69.3 Å². The molecule has 6 nitrogen and oxygen atoms in total. The Balaban J connectivity index is 1.57. The van der Waals surface area contributed by atoms with Crippen molar-refractivity contribution in [2.24, 2.45) is 0 Å². The predicted molar refractivity (Wildman–Crippen MR) is 97.5 cm³/mol. The molecule has 0 unspecified atom stereocenters. The molecule has 136 valence electrons. The van der Waals surface area contributed by atoms with Gasteiger partial charge in [0.1, 0.15) is 5.52 Å². The van der Waals surface area contributed by atoms with Gasteiger partial charge in [-0.05, 0) is 44.0 Å². The number of carbonyl (C=O) groups excluding carboxylic acids is 1. The van der Waals surface area contributed by atoms with E-state index in [9.17, 15) is 4.79 Å². The fourth-order valence-corrected chi connectivity index (χ4v) is 2.44. The van der Waals surface area contributed by atoms with Crippen LogP contribution in [0.25, 0.3) is 11.1 Å². The van der Waals surface area contributed by atoms with E-state index in [0.717, 1.165) is 11.1 Å². The third-order valence-electron chi connectivity index (χ3n) is 3.81. The van der Waals surface area contributed by atoms with Crippen LogP contribution in [0.15, 0.2) is 52.9 Å². The SMILES string of the molecule is Cc1ccc2oc(OCC(=O)ON(Cc3ccccc3)C(C)C)nc2c1. The van der Waals surface area contributed by atoms with Crippen molar-refractivity contribution in [1.29, 1.82) is 0 Å². The highest BCUT2D eigenvalue weighted by atomic mass is 16.7. The second kappa shape index (κ2) is 8.01. The summed E-state index contributed by atoms with van der Waals surface area (Å²) >= 11 is 0. The average Bonchev–Trinajstić information content (AvgIpc) is 3.02. The Labute approximate surface area is 152 Å². The summed E-state index contributed by atoms with van der Waals surface area (Å²) in [5, 5.41) is 1.62. The van der Waals surface area contributed by atoms with Crippen LogP contribution >= 0.6 is 0 Å². The first kappa shape index (κ1) is 17.9. The zero-order valence-electron chi connectivity index (χ0n) is 15.1. The summed E-state index contributed by atoms with van der Waals surface area (Å²) in [7, 11) is 0. The molecule has 26 heavy (non-hydrogen) atoms. The molecule has 3 rings (SSSR count). The van der Waals surface area contributed by atoms with E-state index in [1.165, 1.54) is 0 Å². The zero-order valence-corrected chi connectivity index (χ0v) is 15.1. The first-order valence-electron chi connectivity index (χ1n) is 8.52. The number of fused-ring (bicyclic) bond motifs is 1. The van der Waals surface area contributed by atoms with E-state index in [4.69, 9.17) is 14.0 Å². The second-order valence-corrected chi connectivity index (χ2v) is 6.36. The van der Waals surface area contributed by atoms with Gasteiger partial charge in [0.25, 0.3) is 0 Å². The summed E-state index contributed by atoms with van der Waals surface area (Å²) in [5.41, 5.74) is 3.45. The standard InChI is InChI=1S/C20H22N2O4/c1-14(2)22(12-16-7-5-4-6-8-16)26-19(23)13-24-20-21-17-11-15(3)9-10-18(17)25-20/h4-11,14H,12-13H2,1-3H3. The van der Waals surface area contributed by atoms with Gasteiger partial charge in [-0.1, -0.05) is 36.4 Å². The maximum Gasteiger partial charge on any atom is 0.395 e. The van der Waals surface area contributed by atoms with Gasteiger partial charge in [0.2, 0.25) is 0 Å². The maximum absolute atomic E-state index is 12.1. The number of oxazole rings is 1. The van der Waals surface area contributed by atoms with Crippen molar-refractivity contribution in [3.05, 3.63) is 59.7 Å². The Bertz CT molecular complexity index is 874. The Hall–Kier alpha value is -2.86. The summed E-state index contributed by atoms with van der Waals surface area (Å²) in [5.74, 6) is -0.506. The van der Waals surface area contributed by atoms with Gasteiger partial charge in [0.05, 0.1) is 6.54 Å². The molecule has 0 N–H and O–H groups in total. The van der Waals surface area contributed by atoms with E-state index in [2.05, 4.69) is 4.98 Å². The third kappa shape index (κ3) is 4.61. The van der Waals surface area contributed by atoms with Crippen LogP contribution in [0.5, 0.6) is 6.08 Å². The quantitative estimate of drug-likeness (QED) is 0.600. The predicted octanol–water partition coefficient (Wildman–Crippen LogP) is 3.88. The lowest BCUT2D eigenvalue weighted by Crippen LogP contribution is -2.34. The Morgan fingerprint density at radius 1 is 1.19 bits per heavy atom. The molecule has 0 fully saturated rings. The number of nitrogens with zero attached hydrogens (tertiary/aromatic N) is 2. The number of ether oxygens (including phenoxy) is 1. The molecule has 0 spiro atoms. The lowest BCUT2D eigenvalue weighted by atomic mass is 10.2. The molecule has 0 aliphatic carbocycles. The Morgan fingerprint density at radius 2 is 1.96 bits per heavy atom. The molecule has 0 aliphatic heterocycles. The lowest BCUT2D eigenvalue weighted by molar-refractivity contribution is -0.205. The van der Waals surface area contributed by atoms with E-state index in [-0.39, 0.29) is 18.7 Å². The van der Waals surface area contributed by atoms with Crippen molar-refractivity contribution in [1.82, 2.24) is 10.0 Å². The highest BCUT2D eigenvalue weighted by molar-refractivity contribution is 5.74. The van der Waals surface area contributed by atoms with Crippen molar-refractivity contribution in [3.8, 4) is 6.08 Å². The first-order chi connectivity index (χ1) is 12.5. The number of aryl methyl sites for hydroxylation is 1. The van der Waals surface area contributed by atoms with E-state index in [1.54, 1.807) is 5.06 Å². The van der Waals surface area contributed by atoms with Crippen LogP contribution in [0.3, 0.4) is 0 Å². The van der Waals surface area contributed by atoms with Crippen LogP contribution in [0.4, 0.5) is 0 Å². The smallest absolute Gasteiger partial charge is 0.395 e. The average molecular weight is 354 g/mol. The second-order valence-electron chi connectivity index (χ2n) is 6.36. The van der Waals surface area contributed by atoms with Crippen LogP contribution in [0, 0.1) is 6.92 Å². The summed E-state index contributed by atoms with van der Waals surface area (Å²) in [6.45, 7) is 6.12. The molecule has 6 heteroatoms. The largest absolute Gasteiger partial charge is 0.438 e. The Morgan fingerprint density at radius 3 is 2.69 bits per heavy atom. The molecule has 2 aromatic carbocycles. The number of rotatable bonds is 7. The summed E-state index contributed by atoms with van der Waals surface area (Å²) in [6, 6.07) is 15.5. The van der Waals surface area contributed by atoms with Crippen molar-refractivity contribution in [3.63, 3.8) is 0 Å². The minimum Gasteiger partial charge on any atom is -0.438 e. The minimum absolute atomic E-state index is 0.0338. The van der Waals surface area contributed by atoms with Crippen molar-refractivity contribution < 1.29 is 18.8 Å². The lowest BCUT2D eigenvalue weighted by Gasteiger charge is -2.24. The molecule has 1 heterocycles. The van der Waals surface area contributed by atoms with Gasteiger partial charge in [-0.15, -0.1) is 5.06 Å². The fraction of sp³-hybridized carbons (Fsp3) is 0.300. The van der Waals surface area contributed by atoms with E-state index >= 15 is 0 Å². The highest BCUT2D eigenvalue weighted by Gasteiger charge is 2.17. The first-order valence-corrected chi connectivity index (χ1v) is 8.52. The molecule has 0 atom stereocenters.